The fourth-order valence-corrected chi connectivity index (χ4v) is 4.46. The first-order chi connectivity index (χ1) is 15.5. The summed E-state index contributed by atoms with van der Waals surface area (Å²) in [5, 5.41) is 12.2. The van der Waals surface area contributed by atoms with Crippen molar-refractivity contribution in [3.63, 3.8) is 0 Å². The first-order valence-electron chi connectivity index (χ1n) is 10.3. The van der Waals surface area contributed by atoms with Gasteiger partial charge in [0.05, 0.1) is 14.2 Å². The van der Waals surface area contributed by atoms with Gasteiger partial charge in [-0.25, -0.2) is 0 Å². The zero-order chi connectivity index (χ0) is 22.7. The second-order valence-electron chi connectivity index (χ2n) is 7.39. The van der Waals surface area contributed by atoms with Gasteiger partial charge < -0.3 is 14.4 Å². The summed E-state index contributed by atoms with van der Waals surface area (Å²) < 4.78 is 10.5. The second kappa shape index (κ2) is 9.35. The predicted molar refractivity (Wildman–Crippen MR) is 123 cm³/mol. The number of aromatic nitrogens is 2. The van der Waals surface area contributed by atoms with E-state index in [1.165, 1.54) is 31.1 Å². The van der Waals surface area contributed by atoms with Crippen LogP contribution in [0.3, 0.4) is 0 Å². The van der Waals surface area contributed by atoms with Crippen LogP contribution in [0.4, 0.5) is 10.8 Å². The van der Waals surface area contributed by atoms with Gasteiger partial charge in [-0.2, -0.15) is 0 Å². The van der Waals surface area contributed by atoms with E-state index in [4.69, 9.17) is 9.47 Å². The Labute approximate surface area is 190 Å². The molecule has 0 spiro atoms. The van der Waals surface area contributed by atoms with E-state index in [0.29, 0.717) is 35.2 Å². The van der Waals surface area contributed by atoms with Crippen LogP contribution in [0.2, 0.25) is 0 Å². The maximum absolute atomic E-state index is 12.6. The smallest absolute Gasteiger partial charge is 0.257 e. The number of nitrogens with one attached hydrogen (secondary N) is 1. The van der Waals surface area contributed by atoms with Gasteiger partial charge in [0.2, 0.25) is 11.0 Å². The van der Waals surface area contributed by atoms with Crippen LogP contribution in [0, 0.1) is 0 Å². The van der Waals surface area contributed by atoms with Crippen LogP contribution in [0.25, 0.3) is 0 Å². The van der Waals surface area contributed by atoms with Crippen molar-refractivity contribution in [2.75, 3.05) is 31.0 Å². The summed E-state index contributed by atoms with van der Waals surface area (Å²) in [4.78, 5) is 27.0. The molecule has 1 saturated heterocycles. The minimum absolute atomic E-state index is 0.0578. The number of carbonyl (C=O) groups excluding carboxylic acids is 2. The fraction of sp³-hybridized carbons (Fsp3) is 0.304. The molecule has 32 heavy (non-hydrogen) atoms. The summed E-state index contributed by atoms with van der Waals surface area (Å²) in [6.45, 7) is 2.64. The number of amides is 2. The highest BCUT2D eigenvalue weighted by atomic mass is 32.1. The zero-order valence-corrected chi connectivity index (χ0v) is 18.9. The number of ether oxygens (including phenoxy) is 2. The molecule has 2 heterocycles. The Morgan fingerprint density at radius 2 is 1.88 bits per heavy atom. The lowest BCUT2D eigenvalue weighted by molar-refractivity contribution is -0.117. The Morgan fingerprint density at radius 3 is 2.56 bits per heavy atom. The number of aryl methyl sites for hydroxylation is 1. The molecule has 9 heteroatoms. The highest BCUT2D eigenvalue weighted by Gasteiger charge is 2.34. The summed E-state index contributed by atoms with van der Waals surface area (Å²) in [7, 11) is 3.05. The second-order valence-corrected chi connectivity index (χ2v) is 8.40. The van der Waals surface area contributed by atoms with Gasteiger partial charge in [0, 0.05) is 30.1 Å². The normalized spacial score (nSPS) is 15.7. The van der Waals surface area contributed by atoms with Gasteiger partial charge in [-0.3, -0.25) is 14.9 Å². The minimum atomic E-state index is -0.325. The lowest BCUT2D eigenvalue weighted by atomic mass is 10.1. The molecule has 1 aliphatic heterocycles. The van der Waals surface area contributed by atoms with E-state index in [1.807, 2.05) is 24.3 Å². The lowest BCUT2D eigenvalue weighted by Gasteiger charge is -2.16. The molecule has 0 radical (unpaired) electrons. The fourth-order valence-electron chi connectivity index (χ4n) is 3.63. The van der Waals surface area contributed by atoms with Gasteiger partial charge in [0.15, 0.2) is 11.5 Å². The molecule has 1 fully saturated rings. The molecule has 0 saturated carbocycles. The third-order valence-corrected chi connectivity index (χ3v) is 6.44. The van der Waals surface area contributed by atoms with Crippen molar-refractivity contribution < 1.29 is 19.1 Å². The van der Waals surface area contributed by atoms with E-state index in [0.717, 1.165) is 17.1 Å². The largest absolute Gasteiger partial charge is 0.493 e. The molecule has 0 aliphatic carbocycles. The SMILES string of the molecule is CCc1ccc(N2C[C@@H](c3nnc(NC(=O)c4ccc(OC)c(OC)c4)s3)CC2=O)cc1. The van der Waals surface area contributed by atoms with Crippen LogP contribution in [-0.2, 0) is 11.2 Å². The quantitative estimate of drug-likeness (QED) is 0.585. The third-order valence-electron chi connectivity index (χ3n) is 5.44. The van der Waals surface area contributed by atoms with E-state index in [1.54, 1.807) is 23.1 Å². The van der Waals surface area contributed by atoms with Crippen molar-refractivity contribution in [1.82, 2.24) is 10.2 Å². The van der Waals surface area contributed by atoms with Crippen LogP contribution < -0.4 is 19.7 Å². The standard InChI is InChI=1S/C23H24N4O4S/c1-4-14-5-8-17(9-6-14)27-13-16(12-20(27)28)22-25-26-23(32-22)24-21(29)15-7-10-18(30-2)19(11-15)31-3/h5-11,16H,4,12-13H2,1-3H3,(H,24,26,29)/t16-/m0/s1. The average molecular weight is 453 g/mol. The Balaban J connectivity index is 1.43. The molecule has 3 aromatic rings. The van der Waals surface area contributed by atoms with Crippen molar-refractivity contribution >= 4 is 34.0 Å². The van der Waals surface area contributed by atoms with E-state index in [-0.39, 0.29) is 17.7 Å². The zero-order valence-electron chi connectivity index (χ0n) is 18.1. The summed E-state index contributed by atoms with van der Waals surface area (Å²) in [6.07, 6.45) is 1.33. The Bertz CT molecular complexity index is 1130. The van der Waals surface area contributed by atoms with Crippen LogP contribution in [0.5, 0.6) is 11.5 Å². The van der Waals surface area contributed by atoms with Crippen LogP contribution in [0.15, 0.2) is 42.5 Å². The van der Waals surface area contributed by atoms with Crippen molar-refractivity contribution in [2.45, 2.75) is 25.7 Å². The predicted octanol–water partition coefficient (Wildman–Crippen LogP) is 3.89. The van der Waals surface area contributed by atoms with Gasteiger partial charge in [-0.15, -0.1) is 10.2 Å². The van der Waals surface area contributed by atoms with Crippen LogP contribution >= 0.6 is 11.3 Å². The maximum atomic E-state index is 12.6. The lowest BCUT2D eigenvalue weighted by Crippen LogP contribution is -2.24. The van der Waals surface area contributed by atoms with Gasteiger partial charge in [0.1, 0.15) is 5.01 Å². The van der Waals surface area contributed by atoms with Crippen molar-refractivity contribution in [2.24, 2.45) is 0 Å². The molecule has 166 valence electrons. The van der Waals surface area contributed by atoms with Crippen molar-refractivity contribution in [3.8, 4) is 11.5 Å². The summed E-state index contributed by atoms with van der Waals surface area (Å²) in [6, 6.07) is 13.0. The van der Waals surface area contributed by atoms with Crippen LogP contribution in [0.1, 0.15) is 40.2 Å². The molecule has 4 rings (SSSR count). The summed E-state index contributed by atoms with van der Waals surface area (Å²) in [5.74, 6) is 0.688. The van der Waals surface area contributed by atoms with Gasteiger partial charge in [0.25, 0.3) is 5.91 Å². The highest BCUT2D eigenvalue weighted by Crippen LogP contribution is 2.34. The number of hydrogen-bond acceptors (Lipinski definition) is 7. The minimum Gasteiger partial charge on any atom is -0.493 e. The molecule has 0 unspecified atom stereocenters. The third kappa shape index (κ3) is 4.43. The molecule has 2 aromatic carbocycles. The number of rotatable bonds is 7. The van der Waals surface area contributed by atoms with E-state index in [2.05, 4.69) is 22.4 Å². The first kappa shape index (κ1) is 21.8. The Morgan fingerprint density at radius 1 is 1.12 bits per heavy atom. The Hall–Kier alpha value is -3.46. The number of nitrogens with zero attached hydrogens (tertiary/aromatic N) is 3. The molecule has 1 atom stereocenters. The number of carbonyl (C=O) groups is 2. The molecule has 1 N–H and O–H groups in total. The summed E-state index contributed by atoms with van der Waals surface area (Å²) >= 11 is 1.29. The van der Waals surface area contributed by atoms with Crippen molar-refractivity contribution in [3.05, 3.63) is 58.6 Å². The Kier molecular flexibility index (Phi) is 6.36. The van der Waals surface area contributed by atoms with Crippen LogP contribution in [-0.4, -0.2) is 42.8 Å². The van der Waals surface area contributed by atoms with E-state index >= 15 is 0 Å². The number of hydrogen-bond donors (Lipinski definition) is 1. The number of benzene rings is 2. The monoisotopic (exact) mass is 452 g/mol. The molecule has 1 aliphatic rings. The summed E-state index contributed by atoms with van der Waals surface area (Å²) in [5.41, 5.74) is 2.54. The van der Waals surface area contributed by atoms with Crippen molar-refractivity contribution in [1.29, 1.82) is 0 Å². The number of anilines is 2. The molecular formula is C23H24N4O4S. The molecular weight excluding hydrogens is 428 g/mol. The molecule has 0 bridgehead atoms. The van der Waals surface area contributed by atoms with E-state index in [9.17, 15) is 9.59 Å². The molecule has 2 amide bonds. The highest BCUT2D eigenvalue weighted by molar-refractivity contribution is 7.15. The average Bonchev–Trinajstić information content (AvgIpc) is 3.45. The molecule has 1 aromatic heterocycles. The number of methoxy groups -OCH3 is 2. The van der Waals surface area contributed by atoms with E-state index < -0.39 is 0 Å². The first-order valence-corrected chi connectivity index (χ1v) is 11.1. The van der Waals surface area contributed by atoms with Gasteiger partial charge >= 0.3 is 0 Å². The van der Waals surface area contributed by atoms with Gasteiger partial charge in [-0.1, -0.05) is 30.4 Å². The molecule has 8 nitrogen and oxygen atoms in total. The van der Waals surface area contributed by atoms with Gasteiger partial charge in [-0.05, 0) is 42.3 Å². The maximum Gasteiger partial charge on any atom is 0.257 e. The topological polar surface area (TPSA) is 93.7 Å².